The smallest absolute Gasteiger partial charge is 0.269 e. The first-order chi connectivity index (χ1) is 14.3. The van der Waals surface area contributed by atoms with Crippen molar-refractivity contribution in [1.82, 2.24) is 19.1 Å². The van der Waals surface area contributed by atoms with Crippen molar-refractivity contribution in [1.29, 1.82) is 0 Å². The Bertz CT molecular complexity index is 1240. The summed E-state index contributed by atoms with van der Waals surface area (Å²) in [5.74, 6) is -1.06. The summed E-state index contributed by atoms with van der Waals surface area (Å²) in [5, 5.41) is 6.87. The van der Waals surface area contributed by atoms with E-state index in [1.54, 1.807) is 37.0 Å². The average Bonchev–Trinajstić information content (AvgIpc) is 3.27. The third kappa shape index (κ3) is 3.35. The Morgan fingerprint density at radius 2 is 1.93 bits per heavy atom. The van der Waals surface area contributed by atoms with E-state index in [1.165, 1.54) is 24.5 Å². The second-order valence-corrected chi connectivity index (χ2v) is 8.90. The highest BCUT2D eigenvalue weighted by atomic mass is 32.2. The highest BCUT2D eigenvalue weighted by molar-refractivity contribution is 7.90. The molecule has 2 amide bonds. The minimum atomic E-state index is -3.98. The van der Waals surface area contributed by atoms with Crippen molar-refractivity contribution >= 4 is 27.5 Å². The van der Waals surface area contributed by atoms with Crippen LogP contribution in [0, 0.1) is 0 Å². The van der Waals surface area contributed by atoms with Gasteiger partial charge in [0.05, 0.1) is 12.1 Å². The quantitative estimate of drug-likeness (QED) is 0.670. The summed E-state index contributed by atoms with van der Waals surface area (Å²) in [6.45, 7) is 3.66. The molecule has 1 N–H and O–H groups in total. The van der Waals surface area contributed by atoms with Crippen LogP contribution in [0.5, 0.6) is 0 Å². The first-order valence-corrected chi connectivity index (χ1v) is 10.7. The lowest BCUT2D eigenvalue weighted by Gasteiger charge is -2.18. The Morgan fingerprint density at radius 1 is 1.17 bits per heavy atom. The summed E-state index contributed by atoms with van der Waals surface area (Å²) in [5.41, 5.74) is 1.60. The van der Waals surface area contributed by atoms with E-state index in [0.717, 1.165) is 9.87 Å². The molecule has 30 heavy (non-hydrogen) atoms. The number of para-hydroxylation sites is 1. The predicted molar refractivity (Wildman–Crippen MR) is 108 cm³/mol. The number of aromatic nitrogens is 3. The lowest BCUT2D eigenvalue weighted by Crippen LogP contribution is -2.36. The van der Waals surface area contributed by atoms with Crippen molar-refractivity contribution in [2.75, 3.05) is 5.32 Å². The molecular formula is C20H19N5O4S. The Kier molecular flexibility index (Phi) is 4.86. The topological polar surface area (TPSA) is 114 Å². The first-order valence-electron chi connectivity index (χ1n) is 9.23. The third-order valence-electron chi connectivity index (χ3n) is 4.74. The molecule has 0 saturated carbocycles. The van der Waals surface area contributed by atoms with E-state index in [2.05, 4.69) is 15.4 Å². The van der Waals surface area contributed by atoms with E-state index in [9.17, 15) is 18.0 Å². The van der Waals surface area contributed by atoms with Crippen molar-refractivity contribution in [2.45, 2.75) is 31.3 Å². The van der Waals surface area contributed by atoms with Crippen LogP contribution in [0.15, 0.2) is 60.0 Å². The monoisotopic (exact) mass is 425 g/mol. The molecule has 3 aromatic rings. The van der Waals surface area contributed by atoms with Crippen LogP contribution in [0.2, 0.25) is 0 Å². The zero-order valence-electron chi connectivity index (χ0n) is 16.3. The maximum Gasteiger partial charge on any atom is 0.269 e. The lowest BCUT2D eigenvalue weighted by atomic mass is 10.1. The van der Waals surface area contributed by atoms with Crippen LogP contribution in [0.3, 0.4) is 0 Å². The SMILES string of the molecule is CC(C)N1C(=O)c2ccc(C(=O)Nc3ccccc3Cn3cncn3)cc2S1(=O)=O. The number of carbonyl (C=O) groups excluding carboxylic acids is 2. The fourth-order valence-electron chi connectivity index (χ4n) is 3.36. The van der Waals surface area contributed by atoms with Gasteiger partial charge in [-0.15, -0.1) is 0 Å². The molecule has 0 bridgehead atoms. The molecule has 154 valence electrons. The number of nitrogens with zero attached hydrogens (tertiary/aromatic N) is 4. The van der Waals surface area contributed by atoms with Crippen LogP contribution in [0.25, 0.3) is 0 Å². The van der Waals surface area contributed by atoms with E-state index < -0.39 is 27.9 Å². The van der Waals surface area contributed by atoms with Crippen molar-refractivity contribution in [2.24, 2.45) is 0 Å². The second kappa shape index (κ2) is 7.38. The number of nitrogens with one attached hydrogen (secondary N) is 1. The van der Waals surface area contributed by atoms with Crippen LogP contribution >= 0.6 is 0 Å². The molecular weight excluding hydrogens is 406 g/mol. The number of anilines is 1. The number of carbonyl (C=O) groups is 2. The third-order valence-corrected chi connectivity index (χ3v) is 6.74. The summed E-state index contributed by atoms with van der Waals surface area (Å²) in [7, 11) is -3.98. The molecule has 0 unspecified atom stereocenters. The van der Waals surface area contributed by atoms with Crippen LogP contribution in [0.1, 0.15) is 40.1 Å². The van der Waals surface area contributed by atoms with Crippen molar-refractivity contribution in [3.8, 4) is 0 Å². The average molecular weight is 425 g/mol. The highest BCUT2D eigenvalue weighted by Gasteiger charge is 2.42. The highest BCUT2D eigenvalue weighted by Crippen LogP contribution is 2.32. The summed E-state index contributed by atoms with van der Waals surface area (Å²) in [6.07, 6.45) is 3.00. The predicted octanol–water partition coefficient (Wildman–Crippen LogP) is 2.13. The van der Waals surface area contributed by atoms with Crippen LogP contribution in [-0.2, 0) is 16.6 Å². The van der Waals surface area contributed by atoms with Crippen molar-refractivity contribution in [3.63, 3.8) is 0 Å². The molecule has 2 aromatic carbocycles. The van der Waals surface area contributed by atoms with E-state index >= 15 is 0 Å². The Morgan fingerprint density at radius 3 is 2.63 bits per heavy atom. The number of hydrogen-bond acceptors (Lipinski definition) is 6. The van der Waals surface area contributed by atoms with Gasteiger partial charge in [-0.3, -0.25) is 9.59 Å². The van der Waals surface area contributed by atoms with Gasteiger partial charge in [0.1, 0.15) is 17.6 Å². The molecule has 1 aromatic heterocycles. The molecule has 1 aliphatic heterocycles. The number of benzene rings is 2. The molecule has 0 fully saturated rings. The standard InChI is InChI=1S/C20H19N5O4S/c1-13(2)25-20(27)16-8-7-14(9-18(16)30(25,28)29)19(26)23-17-6-4-3-5-15(17)10-24-12-21-11-22-24/h3-9,11-13H,10H2,1-2H3,(H,23,26). The van der Waals surface area contributed by atoms with Gasteiger partial charge in [-0.2, -0.15) is 5.10 Å². The fourth-order valence-corrected chi connectivity index (χ4v) is 5.16. The van der Waals surface area contributed by atoms with Gasteiger partial charge in [-0.25, -0.2) is 22.4 Å². The van der Waals surface area contributed by atoms with Gasteiger partial charge >= 0.3 is 0 Å². The van der Waals surface area contributed by atoms with Gasteiger partial charge in [-0.05, 0) is 43.7 Å². The summed E-state index contributed by atoms with van der Waals surface area (Å²) >= 11 is 0. The first kappa shape index (κ1) is 19.8. The summed E-state index contributed by atoms with van der Waals surface area (Å²) in [4.78, 5) is 29.0. The second-order valence-electron chi connectivity index (χ2n) is 7.12. The summed E-state index contributed by atoms with van der Waals surface area (Å²) < 4.78 is 28.0. The molecule has 4 rings (SSSR count). The molecule has 1 aliphatic rings. The maximum absolute atomic E-state index is 12.8. The molecule has 0 aliphatic carbocycles. The van der Waals surface area contributed by atoms with Crippen LogP contribution in [-0.4, -0.2) is 45.3 Å². The molecule has 0 spiro atoms. The fraction of sp³-hybridized carbons (Fsp3) is 0.200. The van der Waals surface area contributed by atoms with Gasteiger partial charge in [0, 0.05) is 17.3 Å². The molecule has 2 heterocycles. The maximum atomic E-state index is 12.8. The molecule has 0 atom stereocenters. The largest absolute Gasteiger partial charge is 0.322 e. The number of fused-ring (bicyclic) bond motifs is 1. The molecule has 10 heteroatoms. The zero-order valence-corrected chi connectivity index (χ0v) is 17.1. The van der Waals surface area contributed by atoms with Crippen molar-refractivity contribution in [3.05, 3.63) is 71.8 Å². The molecule has 0 radical (unpaired) electrons. The number of amides is 2. The minimum absolute atomic E-state index is 0.0758. The normalized spacial score (nSPS) is 14.8. The van der Waals surface area contributed by atoms with Crippen LogP contribution < -0.4 is 5.32 Å². The number of sulfonamides is 1. The Balaban J connectivity index is 1.63. The zero-order chi connectivity index (χ0) is 21.5. The lowest BCUT2D eigenvalue weighted by molar-refractivity contribution is 0.0846. The van der Waals surface area contributed by atoms with Gasteiger partial charge in [0.2, 0.25) is 0 Å². The van der Waals surface area contributed by atoms with Gasteiger partial charge in [0.25, 0.3) is 21.8 Å². The number of rotatable bonds is 5. The van der Waals surface area contributed by atoms with Crippen molar-refractivity contribution < 1.29 is 18.0 Å². The summed E-state index contributed by atoms with van der Waals surface area (Å²) in [6, 6.07) is 10.8. The van der Waals surface area contributed by atoms with Crippen LogP contribution in [0.4, 0.5) is 5.69 Å². The Hall–Kier alpha value is -3.53. The Labute approximate surface area is 173 Å². The molecule has 9 nitrogen and oxygen atoms in total. The van der Waals surface area contributed by atoms with E-state index in [1.807, 2.05) is 12.1 Å². The minimum Gasteiger partial charge on any atom is -0.322 e. The van der Waals surface area contributed by atoms with E-state index in [0.29, 0.717) is 12.2 Å². The van der Waals surface area contributed by atoms with Gasteiger partial charge < -0.3 is 5.32 Å². The van der Waals surface area contributed by atoms with Gasteiger partial charge in [0.15, 0.2) is 0 Å². The van der Waals surface area contributed by atoms with Gasteiger partial charge in [-0.1, -0.05) is 18.2 Å². The molecule has 0 saturated heterocycles. The van der Waals surface area contributed by atoms with E-state index in [4.69, 9.17) is 0 Å². The number of hydrogen-bond donors (Lipinski definition) is 1. The van der Waals surface area contributed by atoms with E-state index in [-0.39, 0.29) is 16.0 Å².